The van der Waals surface area contributed by atoms with Gasteiger partial charge in [-0.05, 0) is 62.5 Å². The molecule has 0 bridgehead atoms. The largest absolute Gasteiger partial charge is 0.354 e. The molecule has 0 atom stereocenters. The summed E-state index contributed by atoms with van der Waals surface area (Å²) in [5.41, 5.74) is 0.692. The van der Waals surface area contributed by atoms with Crippen LogP contribution in [0.4, 0.5) is 0 Å². The van der Waals surface area contributed by atoms with E-state index in [1.807, 2.05) is 44.2 Å². The Hall–Kier alpha value is -3.20. The molecule has 0 spiro atoms. The molecule has 9 heteroatoms. The summed E-state index contributed by atoms with van der Waals surface area (Å²) in [6.45, 7) is 4.42. The van der Waals surface area contributed by atoms with Gasteiger partial charge in [0.05, 0.1) is 5.52 Å². The molecule has 1 saturated carbocycles. The minimum atomic E-state index is -0.463. The van der Waals surface area contributed by atoms with Crippen molar-refractivity contribution in [1.29, 1.82) is 0 Å². The SMILES string of the molecule is CC(C)NC(=O)C1CCC(Cn2c(=O)c3sccc3n(CC(=O)NCc3ccccc3)c2=O)CC1. The van der Waals surface area contributed by atoms with Crippen LogP contribution in [-0.4, -0.2) is 27.0 Å². The average Bonchev–Trinajstić information content (AvgIpc) is 3.34. The number of rotatable bonds is 8. The zero-order chi connectivity index (χ0) is 24.9. The van der Waals surface area contributed by atoms with Crippen LogP contribution in [0.2, 0.25) is 0 Å². The smallest absolute Gasteiger partial charge is 0.332 e. The van der Waals surface area contributed by atoms with E-state index < -0.39 is 5.69 Å². The minimum absolute atomic E-state index is 0.0184. The van der Waals surface area contributed by atoms with Crippen molar-refractivity contribution in [3.05, 3.63) is 68.2 Å². The van der Waals surface area contributed by atoms with Crippen molar-refractivity contribution < 1.29 is 9.59 Å². The molecule has 1 aliphatic rings. The van der Waals surface area contributed by atoms with E-state index in [0.717, 1.165) is 31.2 Å². The Morgan fingerprint density at radius 3 is 2.43 bits per heavy atom. The Balaban J connectivity index is 1.48. The molecule has 3 aromatic rings. The van der Waals surface area contributed by atoms with E-state index in [1.165, 1.54) is 20.5 Å². The second-order valence-electron chi connectivity index (χ2n) is 9.56. The van der Waals surface area contributed by atoms with Gasteiger partial charge in [-0.3, -0.25) is 23.5 Å². The van der Waals surface area contributed by atoms with Crippen LogP contribution in [0.15, 0.2) is 51.4 Å². The summed E-state index contributed by atoms with van der Waals surface area (Å²) < 4.78 is 3.16. The van der Waals surface area contributed by atoms with Crippen molar-refractivity contribution in [2.75, 3.05) is 0 Å². The number of carbonyl (C=O) groups excluding carboxylic acids is 2. The Kier molecular flexibility index (Phi) is 7.85. The number of nitrogens with one attached hydrogen (secondary N) is 2. The lowest BCUT2D eigenvalue weighted by Crippen LogP contribution is -2.44. The molecule has 2 aromatic heterocycles. The van der Waals surface area contributed by atoms with Gasteiger partial charge in [-0.15, -0.1) is 11.3 Å². The summed E-state index contributed by atoms with van der Waals surface area (Å²) in [5.74, 6) is -0.0822. The Bertz CT molecular complexity index is 1300. The van der Waals surface area contributed by atoms with Crippen molar-refractivity contribution in [2.24, 2.45) is 11.8 Å². The van der Waals surface area contributed by atoms with Crippen LogP contribution in [-0.2, 0) is 29.2 Å². The molecule has 0 saturated heterocycles. The second-order valence-corrected chi connectivity index (χ2v) is 10.5. The lowest BCUT2D eigenvalue weighted by Gasteiger charge is -2.28. The predicted molar refractivity (Wildman–Crippen MR) is 137 cm³/mol. The number of benzene rings is 1. The molecule has 1 aromatic carbocycles. The Labute approximate surface area is 208 Å². The van der Waals surface area contributed by atoms with Crippen molar-refractivity contribution in [3.63, 3.8) is 0 Å². The fraction of sp³-hybridized carbons (Fsp3) is 0.462. The molecule has 186 valence electrons. The van der Waals surface area contributed by atoms with Gasteiger partial charge in [0, 0.05) is 25.0 Å². The van der Waals surface area contributed by atoms with Gasteiger partial charge in [0.2, 0.25) is 11.8 Å². The highest BCUT2D eigenvalue weighted by molar-refractivity contribution is 7.17. The molecule has 0 radical (unpaired) electrons. The number of nitrogens with zero attached hydrogens (tertiary/aromatic N) is 2. The maximum absolute atomic E-state index is 13.4. The van der Waals surface area contributed by atoms with Gasteiger partial charge in [0.15, 0.2) is 0 Å². The first-order valence-corrected chi connectivity index (χ1v) is 13.0. The highest BCUT2D eigenvalue weighted by atomic mass is 32.1. The number of hydrogen-bond donors (Lipinski definition) is 2. The molecule has 0 aliphatic heterocycles. The highest BCUT2D eigenvalue weighted by Crippen LogP contribution is 2.30. The third kappa shape index (κ3) is 5.90. The van der Waals surface area contributed by atoms with Gasteiger partial charge in [-0.25, -0.2) is 4.79 Å². The zero-order valence-corrected chi connectivity index (χ0v) is 21.0. The number of carbonyl (C=O) groups is 2. The summed E-state index contributed by atoms with van der Waals surface area (Å²) in [6.07, 6.45) is 3.05. The number of aromatic nitrogens is 2. The van der Waals surface area contributed by atoms with Crippen molar-refractivity contribution >= 4 is 33.4 Å². The summed E-state index contributed by atoms with van der Waals surface area (Å²) in [4.78, 5) is 51.5. The normalized spacial score (nSPS) is 18.0. The van der Waals surface area contributed by atoms with Crippen LogP contribution >= 0.6 is 11.3 Å². The van der Waals surface area contributed by atoms with Crippen LogP contribution in [0.5, 0.6) is 0 Å². The molecule has 35 heavy (non-hydrogen) atoms. The molecule has 4 rings (SSSR count). The van der Waals surface area contributed by atoms with Crippen LogP contribution < -0.4 is 21.9 Å². The first-order valence-electron chi connectivity index (χ1n) is 12.1. The standard InChI is InChI=1S/C26H32N4O4S/c1-17(2)28-24(32)20-10-8-19(9-11-20)15-30-25(33)23-21(12-13-35-23)29(26(30)34)16-22(31)27-14-18-6-4-3-5-7-18/h3-7,12-13,17,19-20H,8-11,14-16H2,1-2H3,(H,27,31)(H,28,32). The van der Waals surface area contributed by atoms with Gasteiger partial charge >= 0.3 is 5.69 Å². The van der Waals surface area contributed by atoms with E-state index >= 15 is 0 Å². The molecular formula is C26H32N4O4S. The molecule has 0 unspecified atom stereocenters. The number of amides is 2. The van der Waals surface area contributed by atoms with E-state index in [2.05, 4.69) is 10.6 Å². The first kappa shape index (κ1) is 24.9. The van der Waals surface area contributed by atoms with E-state index in [4.69, 9.17) is 0 Å². The number of thiophene rings is 1. The number of fused-ring (bicyclic) bond motifs is 1. The molecule has 2 heterocycles. The maximum atomic E-state index is 13.4. The van der Waals surface area contributed by atoms with Gasteiger partial charge in [-0.2, -0.15) is 0 Å². The number of hydrogen-bond acceptors (Lipinski definition) is 5. The third-order valence-electron chi connectivity index (χ3n) is 6.56. The highest BCUT2D eigenvalue weighted by Gasteiger charge is 2.28. The molecule has 8 nitrogen and oxygen atoms in total. The average molecular weight is 497 g/mol. The van der Waals surface area contributed by atoms with Gasteiger partial charge in [0.25, 0.3) is 5.56 Å². The summed E-state index contributed by atoms with van der Waals surface area (Å²) >= 11 is 1.28. The maximum Gasteiger partial charge on any atom is 0.332 e. The fourth-order valence-corrected chi connectivity index (χ4v) is 5.55. The summed E-state index contributed by atoms with van der Waals surface area (Å²) in [6, 6.07) is 11.4. The van der Waals surface area contributed by atoms with E-state index in [-0.39, 0.29) is 41.8 Å². The zero-order valence-electron chi connectivity index (χ0n) is 20.2. The van der Waals surface area contributed by atoms with Crippen molar-refractivity contribution in [3.8, 4) is 0 Å². The van der Waals surface area contributed by atoms with Crippen LogP contribution in [0.25, 0.3) is 10.2 Å². The Morgan fingerprint density at radius 2 is 1.74 bits per heavy atom. The first-order chi connectivity index (χ1) is 16.8. The molecule has 2 N–H and O–H groups in total. The fourth-order valence-electron chi connectivity index (χ4n) is 4.71. The van der Waals surface area contributed by atoms with E-state index in [1.54, 1.807) is 11.4 Å². The van der Waals surface area contributed by atoms with Crippen LogP contribution in [0.3, 0.4) is 0 Å². The van der Waals surface area contributed by atoms with Gasteiger partial charge < -0.3 is 10.6 Å². The topological polar surface area (TPSA) is 102 Å². The van der Waals surface area contributed by atoms with Gasteiger partial charge in [0.1, 0.15) is 11.2 Å². The molecule has 2 amide bonds. The summed E-state index contributed by atoms with van der Waals surface area (Å²) in [5, 5.41) is 7.60. The third-order valence-corrected chi connectivity index (χ3v) is 7.45. The van der Waals surface area contributed by atoms with Crippen LogP contribution in [0.1, 0.15) is 45.1 Å². The minimum Gasteiger partial charge on any atom is -0.354 e. The lowest BCUT2D eigenvalue weighted by molar-refractivity contribution is -0.126. The second kappa shape index (κ2) is 11.0. The molecular weight excluding hydrogens is 464 g/mol. The van der Waals surface area contributed by atoms with Gasteiger partial charge in [-0.1, -0.05) is 30.3 Å². The summed E-state index contributed by atoms with van der Waals surface area (Å²) in [7, 11) is 0. The lowest BCUT2D eigenvalue weighted by atomic mass is 9.81. The van der Waals surface area contributed by atoms with E-state index in [0.29, 0.717) is 23.3 Å². The molecule has 1 fully saturated rings. The monoisotopic (exact) mass is 496 g/mol. The molecule has 1 aliphatic carbocycles. The van der Waals surface area contributed by atoms with Crippen LogP contribution in [0, 0.1) is 11.8 Å². The quantitative estimate of drug-likeness (QED) is 0.501. The Morgan fingerprint density at radius 1 is 1.03 bits per heavy atom. The van der Waals surface area contributed by atoms with E-state index in [9.17, 15) is 19.2 Å². The van der Waals surface area contributed by atoms with Crippen molar-refractivity contribution in [2.45, 2.75) is 65.2 Å². The van der Waals surface area contributed by atoms with Crippen molar-refractivity contribution in [1.82, 2.24) is 19.8 Å². The predicted octanol–water partition coefficient (Wildman–Crippen LogP) is 2.87.